The fraction of sp³-hybridized carbons (Fsp3) is 0.227. The van der Waals surface area contributed by atoms with Crippen LogP contribution in [0.1, 0.15) is 23.9 Å². The zero-order valence-corrected chi connectivity index (χ0v) is 16.6. The number of carbonyl (C=O) groups is 1. The Kier molecular flexibility index (Phi) is 4.20. The Bertz CT molecular complexity index is 1330. The maximum absolute atomic E-state index is 12.5. The number of aryl methyl sites for hydroxylation is 2. The van der Waals surface area contributed by atoms with Crippen molar-refractivity contribution in [1.29, 1.82) is 0 Å². The van der Waals surface area contributed by atoms with Gasteiger partial charge in [0, 0.05) is 31.3 Å². The van der Waals surface area contributed by atoms with Gasteiger partial charge in [-0.05, 0) is 37.3 Å². The molecule has 5 rings (SSSR count). The molecule has 0 saturated carbocycles. The van der Waals surface area contributed by atoms with Crippen molar-refractivity contribution in [3.05, 3.63) is 70.5 Å². The van der Waals surface area contributed by atoms with E-state index in [2.05, 4.69) is 15.1 Å². The van der Waals surface area contributed by atoms with Gasteiger partial charge in [0.25, 0.3) is 5.56 Å². The lowest BCUT2D eigenvalue weighted by molar-refractivity contribution is -0.117. The van der Waals surface area contributed by atoms with Gasteiger partial charge in [0.1, 0.15) is 5.69 Å². The Morgan fingerprint density at radius 1 is 1.07 bits per heavy atom. The van der Waals surface area contributed by atoms with Crippen LogP contribution in [0.2, 0.25) is 0 Å². The zero-order valence-electron chi connectivity index (χ0n) is 16.6. The van der Waals surface area contributed by atoms with Gasteiger partial charge in [-0.25, -0.2) is 4.98 Å². The van der Waals surface area contributed by atoms with E-state index < -0.39 is 0 Å². The van der Waals surface area contributed by atoms with Crippen molar-refractivity contribution < 1.29 is 9.32 Å². The first-order valence-electron chi connectivity index (χ1n) is 9.68. The summed E-state index contributed by atoms with van der Waals surface area (Å²) < 4.78 is 7.07. The first kappa shape index (κ1) is 18.2. The fourth-order valence-electron chi connectivity index (χ4n) is 3.87. The quantitative estimate of drug-likeness (QED) is 0.524. The van der Waals surface area contributed by atoms with Crippen molar-refractivity contribution in [2.24, 2.45) is 7.05 Å². The molecule has 0 aliphatic carbocycles. The van der Waals surface area contributed by atoms with Crippen LogP contribution in [0, 0.1) is 6.92 Å². The van der Waals surface area contributed by atoms with Crippen LogP contribution in [0.4, 0.5) is 5.69 Å². The number of anilines is 1. The van der Waals surface area contributed by atoms with Crippen molar-refractivity contribution in [2.45, 2.75) is 19.3 Å². The van der Waals surface area contributed by atoms with Gasteiger partial charge >= 0.3 is 0 Å². The molecule has 4 aromatic rings. The number of amides is 1. The maximum atomic E-state index is 12.5. The van der Waals surface area contributed by atoms with Gasteiger partial charge in [-0.2, -0.15) is 4.98 Å². The lowest BCUT2D eigenvalue weighted by Crippen LogP contribution is -2.24. The van der Waals surface area contributed by atoms with E-state index >= 15 is 0 Å². The fourth-order valence-corrected chi connectivity index (χ4v) is 3.87. The van der Waals surface area contributed by atoms with Gasteiger partial charge in [-0.3, -0.25) is 9.59 Å². The lowest BCUT2D eigenvalue weighted by atomic mass is 10.1. The largest absolute Gasteiger partial charge is 0.339 e. The van der Waals surface area contributed by atoms with Crippen LogP contribution in [0.25, 0.3) is 22.4 Å². The molecule has 8 heteroatoms. The molecule has 1 aliphatic rings. The highest BCUT2D eigenvalue weighted by atomic mass is 16.5. The topological polar surface area (TPSA) is 94.1 Å². The number of hydrogen-bond acceptors (Lipinski definition) is 6. The number of nitrogens with zero attached hydrogens (tertiary/aromatic N) is 5. The zero-order chi connectivity index (χ0) is 20.8. The second-order valence-electron chi connectivity index (χ2n) is 7.46. The van der Waals surface area contributed by atoms with Crippen molar-refractivity contribution in [3.63, 3.8) is 0 Å². The molecule has 30 heavy (non-hydrogen) atoms. The van der Waals surface area contributed by atoms with Crippen molar-refractivity contribution >= 4 is 22.6 Å². The summed E-state index contributed by atoms with van der Waals surface area (Å²) in [5, 5.41) is 4.11. The van der Waals surface area contributed by atoms with Crippen LogP contribution in [0.3, 0.4) is 0 Å². The molecule has 150 valence electrons. The summed E-state index contributed by atoms with van der Waals surface area (Å²) in [6.07, 6.45) is 0.330. The van der Waals surface area contributed by atoms with E-state index in [0.717, 1.165) is 16.8 Å². The Morgan fingerprint density at radius 3 is 2.67 bits per heavy atom. The highest BCUT2D eigenvalue weighted by molar-refractivity contribution is 5.96. The van der Waals surface area contributed by atoms with Gasteiger partial charge < -0.3 is 14.0 Å². The molecule has 0 N–H and O–H groups in total. The molecule has 1 atom stereocenters. The van der Waals surface area contributed by atoms with Gasteiger partial charge in [0.2, 0.25) is 17.6 Å². The first-order valence-corrected chi connectivity index (χ1v) is 9.68. The van der Waals surface area contributed by atoms with Crippen molar-refractivity contribution in [3.8, 4) is 11.4 Å². The summed E-state index contributed by atoms with van der Waals surface area (Å²) in [6.45, 7) is 2.20. The summed E-state index contributed by atoms with van der Waals surface area (Å²) in [7, 11) is 1.72. The number of benzene rings is 2. The smallest absolute Gasteiger partial charge is 0.272 e. The highest BCUT2D eigenvalue weighted by Gasteiger charge is 2.35. The van der Waals surface area contributed by atoms with Crippen LogP contribution in [0.15, 0.2) is 57.8 Å². The summed E-state index contributed by atoms with van der Waals surface area (Å²) in [4.78, 5) is 35.2. The Labute approximate surface area is 171 Å². The minimum atomic E-state index is -0.152. The molecule has 0 unspecified atom stereocenters. The van der Waals surface area contributed by atoms with E-state index in [1.165, 1.54) is 0 Å². The predicted molar refractivity (Wildman–Crippen MR) is 111 cm³/mol. The average molecular weight is 401 g/mol. The normalized spacial score (nSPS) is 16.5. The summed E-state index contributed by atoms with van der Waals surface area (Å²) >= 11 is 0. The first-order chi connectivity index (χ1) is 14.5. The van der Waals surface area contributed by atoms with Gasteiger partial charge in [0.05, 0.1) is 17.0 Å². The molecule has 1 amide bonds. The SMILES string of the molecule is Cc1nc2cc(-c3noc([C@H]4CC(=O)N(c5ccccc5)C4)n3)ccc2n(C)c1=O. The Morgan fingerprint density at radius 2 is 1.87 bits per heavy atom. The summed E-state index contributed by atoms with van der Waals surface area (Å²) in [6, 6.07) is 15.1. The van der Waals surface area contributed by atoms with E-state index in [0.29, 0.717) is 35.9 Å². The van der Waals surface area contributed by atoms with E-state index in [-0.39, 0.29) is 17.4 Å². The van der Waals surface area contributed by atoms with Crippen LogP contribution in [-0.2, 0) is 11.8 Å². The molecule has 1 saturated heterocycles. The van der Waals surface area contributed by atoms with Crippen LogP contribution in [-0.4, -0.2) is 32.1 Å². The molecule has 0 spiro atoms. The third kappa shape index (κ3) is 2.97. The average Bonchev–Trinajstić information content (AvgIpc) is 3.39. The number of para-hydroxylation sites is 1. The molecular weight excluding hydrogens is 382 g/mol. The van der Waals surface area contributed by atoms with E-state index in [9.17, 15) is 9.59 Å². The molecule has 0 radical (unpaired) electrons. The summed E-state index contributed by atoms with van der Waals surface area (Å²) in [5.74, 6) is 0.769. The summed E-state index contributed by atoms with van der Waals surface area (Å²) in [5.41, 5.74) is 3.34. The molecule has 0 bridgehead atoms. The second-order valence-corrected chi connectivity index (χ2v) is 7.46. The number of carbonyl (C=O) groups excluding carboxylic acids is 1. The molecule has 8 nitrogen and oxygen atoms in total. The second kappa shape index (κ2) is 6.91. The lowest BCUT2D eigenvalue weighted by Gasteiger charge is -2.15. The number of aromatic nitrogens is 4. The highest BCUT2D eigenvalue weighted by Crippen LogP contribution is 2.32. The molecule has 1 fully saturated rings. The van der Waals surface area contributed by atoms with Crippen LogP contribution < -0.4 is 10.5 Å². The van der Waals surface area contributed by atoms with Gasteiger partial charge in [-0.1, -0.05) is 23.4 Å². The minimum absolute atomic E-state index is 0.0391. The third-order valence-corrected chi connectivity index (χ3v) is 5.48. The maximum Gasteiger partial charge on any atom is 0.272 e. The van der Waals surface area contributed by atoms with Crippen LogP contribution in [0.5, 0.6) is 0 Å². The monoisotopic (exact) mass is 401 g/mol. The minimum Gasteiger partial charge on any atom is -0.339 e. The molecular formula is C22H19N5O3. The molecule has 3 heterocycles. The van der Waals surface area contributed by atoms with Crippen molar-refractivity contribution in [2.75, 3.05) is 11.4 Å². The Hall–Kier alpha value is -3.81. The molecule has 1 aliphatic heterocycles. The van der Waals surface area contributed by atoms with Crippen molar-refractivity contribution in [1.82, 2.24) is 19.7 Å². The van der Waals surface area contributed by atoms with E-state index in [1.807, 2.05) is 48.5 Å². The van der Waals surface area contributed by atoms with Crippen LogP contribution >= 0.6 is 0 Å². The molecule has 2 aromatic heterocycles. The number of fused-ring (bicyclic) bond motifs is 1. The standard InChI is InChI=1S/C22H19N5O3/c1-13-22(29)26(2)18-9-8-14(10-17(18)23-13)20-24-21(30-25-20)15-11-19(28)27(12-15)16-6-4-3-5-7-16/h3-10,15H,11-12H2,1-2H3/t15-/m0/s1. The van der Waals surface area contributed by atoms with E-state index in [1.54, 1.807) is 23.4 Å². The predicted octanol–water partition coefficient (Wildman–Crippen LogP) is 2.81. The third-order valence-electron chi connectivity index (χ3n) is 5.48. The van der Waals surface area contributed by atoms with E-state index in [4.69, 9.17) is 4.52 Å². The number of rotatable bonds is 3. The Balaban J connectivity index is 1.44. The molecule has 2 aromatic carbocycles. The van der Waals surface area contributed by atoms with Gasteiger partial charge in [-0.15, -0.1) is 0 Å². The van der Waals surface area contributed by atoms with Gasteiger partial charge in [0.15, 0.2) is 0 Å². The number of hydrogen-bond donors (Lipinski definition) is 0.